The minimum Gasteiger partial charge on any atom is -0.491 e. The molecule has 41 heavy (non-hydrogen) atoms. The number of aromatic amines is 2. The molecule has 0 atom stereocenters. The summed E-state index contributed by atoms with van der Waals surface area (Å²) in [6.45, 7) is 4.13. The van der Waals surface area contributed by atoms with Crippen LogP contribution in [0.4, 0.5) is 0 Å². The first-order valence-corrected chi connectivity index (χ1v) is 13.8. The van der Waals surface area contributed by atoms with Crippen molar-refractivity contribution >= 4 is 22.1 Å². The summed E-state index contributed by atoms with van der Waals surface area (Å²) in [7, 11) is 0. The number of pyridine rings is 2. The Kier molecular flexibility index (Phi) is 5.77. The monoisotopic (exact) mass is 545 g/mol. The number of rotatable bonds is 7. The van der Waals surface area contributed by atoms with Crippen LogP contribution in [0, 0.1) is 0 Å². The number of aromatic nitrogens is 6. The molecular formula is C31H27N7O3. The molecule has 0 unspecified atom stereocenters. The van der Waals surface area contributed by atoms with Gasteiger partial charge in [-0.3, -0.25) is 15.0 Å². The summed E-state index contributed by atoms with van der Waals surface area (Å²) >= 11 is 0. The molecule has 2 aliphatic rings. The van der Waals surface area contributed by atoms with Gasteiger partial charge in [0.1, 0.15) is 17.9 Å². The molecular weight excluding hydrogens is 518 g/mol. The van der Waals surface area contributed by atoms with Crippen LogP contribution in [0.15, 0.2) is 67.0 Å². The molecule has 1 saturated heterocycles. The molecule has 1 fully saturated rings. The van der Waals surface area contributed by atoms with Gasteiger partial charge in [-0.2, -0.15) is 5.10 Å². The van der Waals surface area contributed by atoms with Gasteiger partial charge in [-0.1, -0.05) is 18.2 Å². The van der Waals surface area contributed by atoms with Gasteiger partial charge in [0.15, 0.2) is 23.0 Å². The van der Waals surface area contributed by atoms with E-state index in [1.165, 1.54) is 12.8 Å². The lowest BCUT2D eigenvalue weighted by atomic mass is 10.0. The summed E-state index contributed by atoms with van der Waals surface area (Å²) in [5, 5.41) is 7.68. The van der Waals surface area contributed by atoms with E-state index >= 15 is 0 Å². The predicted octanol–water partition coefficient (Wildman–Crippen LogP) is 5.43. The van der Waals surface area contributed by atoms with Gasteiger partial charge < -0.3 is 19.2 Å². The third-order valence-electron chi connectivity index (χ3n) is 7.71. The average molecular weight is 546 g/mol. The molecule has 0 radical (unpaired) electrons. The molecule has 0 amide bonds. The van der Waals surface area contributed by atoms with E-state index < -0.39 is 0 Å². The van der Waals surface area contributed by atoms with Crippen LogP contribution >= 0.6 is 0 Å². The summed E-state index contributed by atoms with van der Waals surface area (Å²) in [5.41, 5.74) is 7.62. The van der Waals surface area contributed by atoms with Crippen LogP contribution in [0.5, 0.6) is 17.2 Å². The van der Waals surface area contributed by atoms with Gasteiger partial charge in [0, 0.05) is 23.9 Å². The third kappa shape index (κ3) is 4.42. The number of benzene rings is 2. The Hall–Kier alpha value is -4.96. The highest BCUT2D eigenvalue weighted by Gasteiger charge is 2.19. The summed E-state index contributed by atoms with van der Waals surface area (Å²) in [4.78, 5) is 20.2. The van der Waals surface area contributed by atoms with Crippen LogP contribution in [0.1, 0.15) is 12.8 Å². The largest absolute Gasteiger partial charge is 0.491 e. The van der Waals surface area contributed by atoms with Crippen LogP contribution in [-0.4, -0.2) is 68.1 Å². The highest BCUT2D eigenvalue weighted by atomic mass is 16.7. The quantitative estimate of drug-likeness (QED) is 0.273. The van der Waals surface area contributed by atoms with Crippen molar-refractivity contribution in [2.75, 3.05) is 33.0 Å². The third-order valence-corrected chi connectivity index (χ3v) is 7.71. The Morgan fingerprint density at radius 3 is 2.73 bits per heavy atom. The topological polar surface area (TPSA) is 114 Å². The van der Waals surface area contributed by atoms with Crippen molar-refractivity contribution in [1.29, 1.82) is 0 Å². The van der Waals surface area contributed by atoms with E-state index in [4.69, 9.17) is 24.2 Å². The number of likely N-dealkylation sites (tertiary alicyclic amines) is 1. The lowest BCUT2D eigenvalue weighted by molar-refractivity contribution is 0.174. The van der Waals surface area contributed by atoms with Crippen LogP contribution in [0.25, 0.3) is 56.0 Å². The lowest BCUT2D eigenvalue weighted by Gasteiger charge is -2.15. The maximum absolute atomic E-state index is 6.02. The second-order valence-electron chi connectivity index (χ2n) is 10.3. The average Bonchev–Trinajstić information content (AvgIpc) is 3.82. The lowest BCUT2D eigenvalue weighted by Crippen LogP contribution is -2.25. The Labute approximate surface area is 235 Å². The molecule has 8 rings (SSSR count). The van der Waals surface area contributed by atoms with Crippen LogP contribution in [0.3, 0.4) is 0 Å². The SMILES string of the molecule is c1cc(-c2ccc3c(c2)OCO3)c2nc(-c3n[nH]c4ccc(-c5cncc(OCCN6CCCC6)c5)nc34)[nH]c2c1. The zero-order valence-electron chi connectivity index (χ0n) is 22.3. The molecule has 2 aromatic carbocycles. The number of H-pyrrole nitrogens is 2. The van der Waals surface area contributed by atoms with Gasteiger partial charge in [-0.15, -0.1) is 0 Å². The van der Waals surface area contributed by atoms with E-state index in [1.54, 1.807) is 12.4 Å². The molecule has 10 heteroatoms. The van der Waals surface area contributed by atoms with Crippen molar-refractivity contribution in [1.82, 2.24) is 35.0 Å². The molecule has 10 nitrogen and oxygen atoms in total. The minimum atomic E-state index is 0.239. The van der Waals surface area contributed by atoms with Gasteiger partial charge >= 0.3 is 0 Å². The predicted molar refractivity (Wildman–Crippen MR) is 155 cm³/mol. The number of ether oxygens (including phenoxy) is 3. The normalized spacial score (nSPS) is 14.8. The molecule has 2 aliphatic heterocycles. The molecule has 0 bridgehead atoms. The fourth-order valence-corrected chi connectivity index (χ4v) is 5.60. The molecule has 2 N–H and O–H groups in total. The zero-order chi connectivity index (χ0) is 27.2. The van der Waals surface area contributed by atoms with Crippen molar-refractivity contribution in [2.24, 2.45) is 0 Å². The minimum absolute atomic E-state index is 0.239. The standard InChI is InChI=1S/C31H27N7O3/c1-2-11-38(10-1)12-13-39-21-14-20(16-32-17-21)23-7-8-25-29(33-23)30(37-36-25)31-34-24-5-3-4-22(28(24)35-31)19-6-9-26-27(15-19)41-18-40-26/h3-9,14-17H,1-2,10-13,18H2,(H,34,35)(H,36,37). The Morgan fingerprint density at radius 2 is 1.78 bits per heavy atom. The number of hydrogen-bond donors (Lipinski definition) is 2. The molecule has 0 saturated carbocycles. The van der Waals surface area contributed by atoms with Crippen LogP contribution < -0.4 is 14.2 Å². The second-order valence-corrected chi connectivity index (χ2v) is 10.3. The van der Waals surface area contributed by atoms with E-state index in [-0.39, 0.29) is 6.79 Å². The number of imidazole rings is 1. The molecule has 4 aromatic heterocycles. The van der Waals surface area contributed by atoms with Crippen molar-refractivity contribution in [3.63, 3.8) is 0 Å². The molecule has 6 aromatic rings. The maximum atomic E-state index is 6.02. The van der Waals surface area contributed by atoms with Gasteiger partial charge in [-0.05, 0) is 67.9 Å². The summed E-state index contributed by atoms with van der Waals surface area (Å²) < 4.78 is 17.1. The van der Waals surface area contributed by atoms with Crippen molar-refractivity contribution in [3.8, 4) is 51.2 Å². The highest BCUT2D eigenvalue weighted by molar-refractivity contribution is 5.96. The number of para-hydroxylation sites is 1. The first kappa shape index (κ1) is 23.9. The van der Waals surface area contributed by atoms with E-state index in [0.29, 0.717) is 18.1 Å². The Morgan fingerprint density at radius 1 is 0.854 bits per heavy atom. The smallest absolute Gasteiger partial charge is 0.231 e. The maximum Gasteiger partial charge on any atom is 0.231 e. The van der Waals surface area contributed by atoms with Crippen LogP contribution in [0.2, 0.25) is 0 Å². The number of nitrogens with one attached hydrogen (secondary N) is 2. The van der Waals surface area contributed by atoms with Crippen molar-refractivity contribution in [3.05, 3.63) is 67.0 Å². The fourth-order valence-electron chi connectivity index (χ4n) is 5.60. The van der Waals surface area contributed by atoms with Gasteiger partial charge in [0.25, 0.3) is 0 Å². The number of hydrogen-bond acceptors (Lipinski definition) is 8. The fraction of sp³-hybridized carbons (Fsp3) is 0.226. The van der Waals surface area contributed by atoms with Gasteiger partial charge in [-0.25, -0.2) is 9.97 Å². The van der Waals surface area contributed by atoms with Gasteiger partial charge in [0.2, 0.25) is 6.79 Å². The van der Waals surface area contributed by atoms with E-state index in [2.05, 4.69) is 31.1 Å². The second kappa shape index (κ2) is 9.90. The van der Waals surface area contributed by atoms with E-state index in [1.807, 2.05) is 48.5 Å². The molecule has 0 aliphatic carbocycles. The van der Waals surface area contributed by atoms with E-state index in [0.717, 1.165) is 81.3 Å². The number of fused-ring (bicyclic) bond motifs is 3. The summed E-state index contributed by atoms with van der Waals surface area (Å²) in [6, 6.07) is 17.9. The van der Waals surface area contributed by atoms with Crippen LogP contribution in [-0.2, 0) is 0 Å². The van der Waals surface area contributed by atoms with E-state index in [9.17, 15) is 0 Å². The zero-order valence-corrected chi connectivity index (χ0v) is 22.3. The Bertz CT molecular complexity index is 1890. The van der Waals surface area contributed by atoms with Crippen molar-refractivity contribution in [2.45, 2.75) is 12.8 Å². The molecule has 204 valence electrons. The van der Waals surface area contributed by atoms with Crippen molar-refractivity contribution < 1.29 is 14.2 Å². The molecule has 0 spiro atoms. The van der Waals surface area contributed by atoms with Gasteiger partial charge in [0.05, 0.1) is 28.4 Å². The first-order valence-electron chi connectivity index (χ1n) is 13.8. The molecule has 6 heterocycles. The first-order chi connectivity index (χ1) is 20.3. The Balaban J connectivity index is 1.11. The summed E-state index contributed by atoms with van der Waals surface area (Å²) in [6.07, 6.45) is 6.11. The number of nitrogens with zero attached hydrogens (tertiary/aromatic N) is 5. The highest BCUT2D eigenvalue weighted by Crippen LogP contribution is 2.38. The summed E-state index contributed by atoms with van der Waals surface area (Å²) in [5.74, 6) is 2.87.